The van der Waals surface area contributed by atoms with Gasteiger partial charge in [-0.05, 0) is 92.8 Å². The Morgan fingerprint density at radius 1 is 0.830 bits per heavy atom. The van der Waals surface area contributed by atoms with E-state index in [9.17, 15) is 0 Å². The lowest BCUT2D eigenvalue weighted by Crippen LogP contribution is -2.58. The molecule has 0 aromatic carbocycles. The number of pyridine rings is 3. The molecular weight excluding hydrogens is 603 g/mol. The Morgan fingerprint density at radius 3 is 2.38 bits per heavy atom. The van der Waals surface area contributed by atoms with Gasteiger partial charge in [0.25, 0.3) is 0 Å². The normalized spacial score (nSPS) is 23.2. The van der Waals surface area contributed by atoms with E-state index in [1.807, 2.05) is 0 Å². The van der Waals surface area contributed by atoms with E-state index in [4.69, 9.17) is 20.7 Å². The maximum absolute atomic E-state index is 6.62. The molecule has 254 valence electrons. The number of rotatable bonds is 10. The van der Waals surface area contributed by atoms with E-state index in [1.54, 1.807) is 11.8 Å². The second-order valence-electron chi connectivity index (χ2n) is 14.1. The minimum absolute atomic E-state index is 0.131. The number of thioether (sulfide) groups is 1. The molecule has 9 nitrogen and oxygen atoms in total. The average Bonchev–Trinajstić information content (AvgIpc) is 3.38. The van der Waals surface area contributed by atoms with Crippen LogP contribution in [-0.4, -0.2) is 91.7 Å². The lowest BCUT2D eigenvalue weighted by atomic mass is 9.97. The van der Waals surface area contributed by atoms with Gasteiger partial charge in [-0.15, -0.1) is 11.8 Å². The van der Waals surface area contributed by atoms with Crippen molar-refractivity contribution < 1.29 is 0 Å². The lowest BCUT2D eigenvalue weighted by Gasteiger charge is -2.41. The third kappa shape index (κ3) is 8.96. The number of hydrogen-bond acceptors (Lipinski definition) is 10. The molecule has 3 aromatic heterocycles. The Labute approximate surface area is 286 Å². The Morgan fingerprint density at radius 2 is 1.57 bits per heavy atom. The van der Waals surface area contributed by atoms with E-state index >= 15 is 0 Å². The molecule has 3 aliphatic heterocycles. The van der Waals surface area contributed by atoms with Gasteiger partial charge in [0.05, 0.1) is 5.03 Å². The molecule has 6 heterocycles. The SMILES string of the molecule is CSc1cc(CC(C)c2cccc(N3CCCNCC3)n2)cc(N2CCCC(NC3C[C@@H](N)CN(c4cccc(C(C)C)n4)C3)C2)n1. The van der Waals surface area contributed by atoms with Gasteiger partial charge in [0.15, 0.2) is 0 Å². The summed E-state index contributed by atoms with van der Waals surface area (Å²) in [5.74, 6) is 3.97. The molecule has 3 fully saturated rings. The fraction of sp³-hybridized carbons (Fsp3) is 0.595. The van der Waals surface area contributed by atoms with Gasteiger partial charge >= 0.3 is 0 Å². The predicted molar refractivity (Wildman–Crippen MR) is 197 cm³/mol. The molecule has 0 amide bonds. The van der Waals surface area contributed by atoms with Crippen LogP contribution in [0.2, 0.25) is 0 Å². The number of aromatic nitrogens is 3. The van der Waals surface area contributed by atoms with Gasteiger partial charge in [-0.25, -0.2) is 15.0 Å². The fourth-order valence-corrected chi connectivity index (χ4v) is 7.84. The first-order valence-electron chi connectivity index (χ1n) is 17.8. The minimum atomic E-state index is 0.131. The summed E-state index contributed by atoms with van der Waals surface area (Å²) in [4.78, 5) is 22.5. The van der Waals surface area contributed by atoms with Crippen LogP contribution in [-0.2, 0) is 6.42 Å². The van der Waals surface area contributed by atoms with Crippen LogP contribution in [0.15, 0.2) is 53.6 Å². The van der Waals surface area contributed by atoms with Crippen molar-refractivity contribution in [2.45, 2.75) is 87.9 Å². The monoisotopic (exact) mass is 657 g/mol. The number of piperidine rings is 2. The summed E-state index contributed by atoms with van der Waals surface area (Å²) in [6.45, 7) is 14.7. The van der Waals surface area contributed by atoms with Gasteiger partial charge in [-0.1, -0.05) is 32.9 Å². The van der Waals surface area contributed by atoms with Crippen molar-refractivity contribution in [3.8, 4) is 0 Å². The zero-order valence-electron chi connectivity index (χ0n) is 28.9. The molecule has 3 saturated heterocycles. The highest BCUT2D eigenvalue weighted by Gasteiger charge is 2.30. The van der Waals surface area contributed by atoms with E-state index in [1.165, 1.54) is 12.0 Å². The molecule has 4 N–H and O–H groups in total. The molecule has 3 aliphatic rings. The molecule has 0 radical (unpaired) electrons. The van der Waals surface area contributed by atoms with Crippen molar-refractivity contribution in [1.82, 2.24) is 25.6 Å². The van der Waals surface area contributed by atoms with E-state index in [0.29, 0.717) is 23.9 Å². The van der Waals surface area contributed by atoms with E-state index < -0.39 is 0 Å². The number of nitrogens with one attached hydrogen (secondary N) is 2. The third-order valence-corrected chi connectivity index (χ3v) is 10.5. The lowest BCUT2D eigenvalue weighted by molar-refractivity contribution is 0.323. The molecule has 3 aromatic rings. The van der Waals surface area contributed by atoms with Crippen LogP contribution in [0.1, 0.15) is 75.2 Å². The second kappa shape index (κ2) is 16.0. The summed E-state index contributed by atoms with van der Waals surface area (Å²) in [5, 5.41) is 8.61. The summed E-state index contributed by atoms with van der Waals surface area (Å²) in [5.41, 5.74) is 10.2. The van der Waals surface area contributed by atoms with Crippen LogP contribution in [0.5, 0.6) is 0 Å². The highest BCUT2D eigenvalue weighted by atomic mass is 32.2. The summed E-state index contributed by atoms with van der Waals surface area (Å²) < 4.78 is 0. The first-order chi connectivity index (χ1) is 22.8. The third-order valence-electron chi connectivity index (χ3n) is 9.90. The molecule has 3 unspecified atom stereocenters. The van der Waals surface area contributed by atoms with Crippen LogP contribution < -0.4 is 31.1 Å². The maximum Gasteiger partial charge on any atom is 0.130 e. The summed E-state index contributed by atoms with van der Waals surface area (Å²) in [7, 11) is 0. The standard InChI is InChI=1S/C37H55N9S/c1-26(2)32-10-5-13-35(41-32)46-23-29(38)22-31(25-46)40-30-9-7-16-45(24-30)36-20-28(21-37(43-36)47-4)19-27(3)33-11-6-12-34(42-33)44-17-8-14-39-15-18-44/h5-6,10-13,20-21,26-27,29-31,39-40H,7-9,14-19,22-25,38H2,1-4H3/t27?,29-,30?,31?/m1/s1. The highest BCUT2D eigenvalue weighted by Crippen LogP contribution is 2.29. The van der Waals surface area contributed by atoms with Crippen molar-refractivity contribution in [1.29, 1.82) is 0 Å². The molecule has 6 rings (SSSR count). The number of nitrogens with zero attached hydrogens (tertiary/aromatic N) is 6. The van der Waals surface area contributed by atoms with Crippen LogP contribution in [0, 0.1) is 0 Å². The van der Waals surface area contributed by atoms with Gasteiger partial charge in [-0.3, -0.25) is 0 Å². The molecule has 47 heavy (non-hydrogen) atoms. The molecule has 10 heteroatoms. The van der Waals surface area contributed by atoms with Crippen molar-refractivity contribution >= 4 is 29.2 Å². The quantitative estimate of drug-likeness (QED) is 0.258. The largest absolute Gasteiger partial charge is 0.355 e. The number of anilines is 3. The Bertz CT molecular complexity index is 1440. The average molecular weight is 658 g/mol. The van der Waals surface area contributed by atoms with Crippen LogP contribution in [0.3, 0.4) is 0 Å². The summed E-state index contributed by atoms with van der Waals surface area (Å²) in [6, 6.07) is 18.4. The van der Waals surface area contributed by atoms with Gasteiger partial charge in [0, 0.05) is 81.2 Å². The van der Waals surface area contributed by atoms with Crippen molar-refractivity contribution in [2.75, 3.05) is 73.3 Å². The van der Waals surface area contributed by atoms with E-state index in [-0.39, 0.29) is 6.04 Å². The van der Waals surface area contributed by atoms with Gasteiger partial charge < -0.3 is 31.1 Å². The molecule has 0 spiro atoms. The van der Waals surface area contributed by atoms with Crippen molar-refractivity contribution in [3.63, 3.8) is 0 Å². The van der Waals surface area contributed by atoms with E-state index in [2.05, 4.69) is 101 Å². The van der Waals surface area contributed by atoms with Crippen LogP contribution in [0.25, 0.3) is 0 Å². The van der Waals surface area contributed by atoms with Crippen molar-refractivity contribution in [3.05, 3.63) is 65.5 Å². The number of nitrogens with two attached hydrogens (primary N) is 1. The van der Waals surface area contributed by atoms with Crippen molar-refractivity contribution in [2.24, 2.45) is 5.73 Å². The fourth-order valence-electron chi connectivity index (χ4n) is 7.39. The highest BCUT2D eigenvalue weighted by molar-refractivity contribution is 7.98. The van der Waals surface area contributed by atoms with Gasteiger partial charge in [-0.2, -0.15) is 0 Å². The molecule has 0 saturated carbocycles. The second-order valence-corrected chi connectivity index (χ2v) is 14.9. The van der Waals surface area contributed by atoms with E-state index in [0.717, 1.165) is 112 Å². The van der Waals surface area contributed by atoms with Gasteiger partial charge in [0.2, 0.25) is 0 Å². The minimum Gasteiger partial charge on any atom is -0.355 e. The summed E-state index contributed by atoms with van der Waals surface area (Å²) >= 11 is 1.73. The molecular formula is C37H55N9S. The molecule has 0 aliphatic carbocycles. The predicted octanol–water partition coefficient (Wildman–Crippen LogP) is 5.03. The maximum atomic E-state index is 6.62. The zero-order valence-corrected chi connectivity index (χ0v) is 29.7. The Balaban J connectivity index is 1.11. The topological polar surface area (TPSA) is 98.5 Å². The summed E-state index contributed by atoms with van der Waals surface area (Å²) in [6.07, 6.45) is 7.54. The van der Waals surface area contributed by atoms with Crippen LogP contribution in [0.4, 0.5) is 17.5 Å². The van der Waals surface area contributed by atoms with Crippen LogP contribution >= 0.6 is 11.8 Å². The first-order valence-corrected chi connectivity index (χ1v) is 19.0. The first kappa shape index (κ1) is 34.0. The Hall–Kier alpha value is -2.92. The Kier molecular flexibility index (Phi) is 11.6. The number of hydrogen-bond donors (Lipinski definition) is 3. The molecule has 0 bridgehead atoms. The zero-order chi connectivity index (χ0) is 32.8. The smallest absolute Gasteiger partial charge is 0.130 e. The molecule has 4 atom stereocenters. The van der Waals surface area contributed by atoms with Gasteiger partial charge in [0.1, 0.15) is 17.5 Å².